The predicted molar refractivity (Wildman–Crippen MR) is 120 cm³/mol. The second kappa shape index (κ2) is 8.92. The van der Waals surface area contributed by atoms with E-state index in [9.17, 15) is 14.4 Å². The summed E-state index contributed by atoms with van der Waals surface area (Å²) in [7, 11) is 0. The number of aryl methyl sites for hydroxylation is 1. The molecule has 162 valence electrons. The van der Waals surface area contributed by atoms with Gasteiger partial charge in [-0.1, -0.05) is 30.3 Å². The SMILES string of the molecule is CC(=O)N1CCCC1C(=O)Nc1cc(C(=O)N2CCc3ccccc3CC2)ccc1C. The lowest BCUT2D eigenvalue weighted by Gasteiger charge is -2.23. The molecule has 1 atom stereocenters. The third-order valence-electron chi connectivity index (χ3n) is 6.41. The van der Waals surface area contributed by atoms with E-state index in [2.05, 4.69) is 17.4 Å². The third-order valence-corrected chi connectivity index (χ3v) is 6.41. The Hall–Kier alpha value is -3.15. The van der Waals surface area contributed by atoms with Gasteiger partial charge in [0, 0.05) is 37.8 Å². The molecule has 0 aromatic heterocycles. The molecule has 2 aromatic carbocycles. The van der Waals surface area contributed by atoms with E-state index in [1.165, 1.54) is 18.1 Å². The minimum Gasteiger partial charge on any atom is -0.338 e. The minimum absolute atomic E-state index is 0.0190. The fourth-order valence-corrected chi connectivity index (χ4v) is 4.58. The maximum absolute atomic E-state index is 13.2. The summed E-state index contributed by atoms with van der Waals surface area (Å²) in [5.74, 6) is -0.291. The van der Waals surface area contributed by atoms with Crippen molar-refractivity contribution in [2.24, 2.45) is 0 Å². The number of carbonyl (C=O) groups is 3. The number of fused-ring (bicyclic) bond motifs is 1. The lowest BCUT2D eigenvalue weighted by molar-refractivity contribution is -0.134. The highest BCUT2D eigenvalue weighted by Gasteiger charge is 2.32. The Balaban J connectivity index is 1.48. The molecule has 1 saturated heterocycles. The number of hydrogen-bond acceptors (Lipinski definition) is 3. The Labute approximate surface area is 183 Å². The molecule has 6 nitrogen and oxygen atoms in total. The number of benzene rings is 2. The number of likely N-dealkylation sites (tertiary alicyclic amines) is 1. The van der Waals surface area contributed by atoms with E-state index < -0.39 is 6.04 Å². The van der Waals surface area contributed by atoms with E-state index in [1.54, 1.807) is 11.0 Å². The molecule has 0 bridgehead atoms. The van der Waals surface area contributed by atoms with Crippen LogP contribution >= 0.6 is 0 Å². The Kier molecular flexibility index (Phi) is 6.07. The Bertz CT molecular complexity index is 990. The standard InChI is InChI=1S/C25H29N3O3/c1-17-9-10-21(16-22(17)26-24(30)23-8-5-13-28(23)18(2)29)25(31)27-14-11-19-6-3-4-7-20(19)12-15-27/h3-4,6-7,9-10,16,23H,5,8,11-15H2,1-2H3,(H,26,30). The van der Waals surface area contributed by atoms with Crippen LogP contribution in [0.1, 0.15) is 46.8 Å². The van der Waals surface area contributed by atoms with Crippen LogP contribution in [0.5, 0.6) is 0 Å². The average molecular weight is 420 g/mol. The molecule has 2 heterocycles. The van der Waals surface area contributed by atoms with Crippen LogP contribution in [0.3, 0.4) is 0 Å². The van der Waals surface area contributed by atoms with Crippen molar-refractivity contribution in [2.45, 2.75) is 45.6 Å². The van der Waals surface area contributed by atoms with Crippen LogP contribution in [0.2, 0.25) is 0 Å². The molecule has 31 heavy (non-hydrogen) atoms. The van der Waals surface area contributed by atoms with Gasteiger partial charge in [0.25, 0.3) is 5.91 Å². The molecular formula is C25H29N3O3. The van der Waals surface area contributed by atoms with Crippen LogP contribution in [0.15, 0.2) is 42.5 Å². The molecule has 4 rings (SSSR count). The summed E-state index contributed by atoms with van der Waals surface area (Å²) >= 11 is 0. The zero-order chi connectivity index (χ0) is 22.0. The van der Waals surface area contributed by atoms with Gasteiger partial charge >= 0.3 is 0 Å². The van der Waals surface area contributed by atoms with E-state index in [1.807, 2.05) is 36.1 Å². The quantitative estimate of drug-likeness (QED) is 0.831. The fourth-order valence-electron chi connectivity index (χ4n) is 4.58. The lowest BCUT2D eigenvalue weighted by Crippen LogP contribution is -2.42. The van der Waals surface area contributed by atoms with Crippen molar-refractivity contribution >= 4 is 23.4 Å². The number of carbonyl (C=O) groups excluding carboxylic acids is 3. The second-order valence-electron chi connectivity index (χ2n) is 8.45. The molecule has 2 aromatic rings. The molecule has 6 heteroatoms. The van der Waals surface area contributed by atoms with Gasteiger partial charge in [0.2, 0.25) is 11.8 Å². The first-order valence-electron chi connectivity index (χ1n) is 11.0. The van der Waals surface area contributed by atoms with Crippen LogP contribution < -0.4 is 5.32 Å². The summed E-state index contributed by atoms with van der Waals surface area (Å²) < 4.78 is 0. The van der Waals surface area contributed by atoms with Crippen molar-refractivity contribution in [3.8, 4) is 0 Å². The largest absolute Gasteiger partial charge is 0.338 e. The number of rotatable bonds is 3. The van der Waals surface area contributed by atoms with Gasteiger partial charge < -0.3 is 15.1 Å². The third kappa shape index (κ3) is 4.48. The van der Waals surface area contributed by atoms with Gasteiger partial charge in [-0.05, 0) is 61.4 Å². The van der Waals surface area contributed by atoms with Gasteiger partial charge in [0.1, 0.15) is 6.04 Å². The molecule has 3 amide bonds. The highest BCUT2D eigenvalue weighted by molar-refractivity contribution is 6.00. The summed E-state index contributed by atoms with van der Waals surface area (Å²) in [6.07, 6.45) is 3.18. The first-order valence-corrected chi connectivity index (χ1v) is 11.0. The monoisotopic (exact) mass is 419 g/mol. The van der Waals surface area contributed by atoms with Crippen LogP contribution in [0, 0.1) is 6.92 Å². The van der Waals surface area contributed by atoms with Crippen molar-refractivity contribution in [1.29, 1.82) is 0 Å². The number of nitrogens with one attached hydrogen (secondary N) is 1. The van der Waals surface area contributed by atoms with E-state index >= 15 is 0 Å². The van der Waals surface area contributed by atoms with Gasteiger partial charge in [-0.3, -0.25) is 14.4 Å². The maximum atomic E-state index is 13.2. The number of amides is 3. The van der Waals surface area contributed by atoms with E-state index in [4.69, 9.17) is 0 Å². The zero-order valence-corrected chi connectivity index (χ0v) is 18.2. The Morgan fingerprint density at radius 1 is 0.968 bits per heavy atom. The number of hydrogen-bond donors (Lipinski definition) is 1. The van der Waals surface area contributed by atoms with Crippen LogP contribution in [0.4, 0.5) is 5.69 Å². The summed E-state index contributed by atoms with van der Waals surface area (Å²) in [6, 6.07) is 13.4. The van der Waals surface area contributed by atoms with Gasteiger partial charge in [-0.15, -0.1) is 0 Å². The highest BCUT2D eigenvalue weighted by Crippen LogP contribution is 2.23. The molecule has 0 spiro atoms. The average Bonchev–Trinajstić information content (AvgIpc) is 3.16. The predicted octanol–water partition coefficient (Wildman–Crippen LogP) is 3.19. The van der Waals surface area contributed by atoms with Gasteiger partial charge in [0.15, 0.2) is 0 Å². The lowest BCUT2D eigenvalue weighted by atomic mass is 10.0. The molecule has 1 fully saturated rings. The fraction of sp³-hybridized carbons (Fsp3) is 0.400. The Morgan fingerprint density at radius 3 is 2.29 bits per heavy atom. The zero-order valence-electron chi connectivity index (χ0n) is 18.2. The van der Waals surface area contributed by atoms with Gasteiger partial charge in [-0.25, -0.2) is 0 Å². The van der Waals surface area contributed by atoms with Crippen LogP contribution in [-0.4, -0.2) is 53.2 Å². The van der Waals surface area contributed by atoms with E-state index in [0.717, 1.165) is 24.8 Å². The van der Waals surface area contributed by atoms with Crippen molar-refractivity contribution in [1.82, 2.24) is 9.80 Å². The van der Waals surface area contributed by atoms with Crippen molar-refractivity contribution < 1.29 is 14.4 Å². The summed E-state index contributed by atoms with van der Waals surface area (Å²) in [6.45, 7) is 5.38. The first kappa shape index (κ1) is 21.1. The molecule has 1 N–H and O–H groups in total. The first-order chi connectivity index (χ1) is 14.9. The summed E-state index contributed by atoms with van der Waals surface area (Å²) in [4.78, 5) is 41.4. The molecule has 1 unspecified atom stereocenters. The molecule has 0 saturated carbocycles. The number of anilines is 1. The summed E-state index contributed by atoms with van der Waals surface area (Å²) in [5.41, 5.74) is 4.70. The van der Waals surface area contributed by atoms with Crippen molar-refractivity contribution in [2.75, 3.05) is 25.0 Å². The molecule has 0 radical (unpaired) electrons. The molecule has 0 aliphatic carbocycles. The van der Waals surface area contributed by atoms with Gasteiger partial charge in [0.05, 0.1) is 0 Å². The van der Waals surface area contributed by atoms with Gasteiger partial charge in [-0.2, -0.15) is 0 Å². The van der Waals surface area contributed by atoms with Crippen molar-refractivity contribution in [3.63, 3.8) is 0 Å². The van der Waals surface area contributed by atoms with Crippen LogP contribution in [-0.2, 0) is 22.4 Å². The maximum Gasteiger partial charge on any atom is 0.253 e. The van der Waals surface area contributed by atoms with Crippen LogP contribution in [0.25, 0.3) is 0 Å². The smallest absolute Gasteiger partial charge is 0.253 e. The molecular weight excluding hydrogens is 390 g/mol. The summed E-state index contributed by atoms with van der Waals surface area (Å²) in [5, 5.41) is 2.96. The minimum atomic E-state index is -0.444. The topological polar surface area (TPSA) is 69.7 Å². The number of nitrogens with zero attached hydrogens (tertiary/aromatic N) is 2. The normalized spacial score (nSPS) is 18.3. The molecule has 2 aliphatic heterocycles. The van der Waals surface area contributed by atoms with Crippen molar-refractivity contribution in [3.05, 3.63) is 64.7 Å². The molecule has 2 aliphatic rings. The highest BCUT2D eigenvalue weighted by atomic mass is 16.2. The Morgan fingerprint density at radius 2 is 1.65 bits per heavy atom. The van der Waals surface area contributed by atoms with E-state index in [-0.39, 0.29) is 17.7 Å². The second-order valence-corrected chi connectivity index (χ2v) is 8.45. The van der Waals surface area contributed by atoms with E-state index in [0.29, 0.717) is 37.3 Å².